The van der Waals surface area contributed by atoms with Crippen molar-refractivity contribution in [3.8, 4) is 0 Å². The SMILES string of the molecule is CNC(Cc1csc(CS(C)(=O)=O)n1)c1ccccc1. The Kier molecular flexibility index (Phi) is 4.91. The molecule has 6 heteroatoms. The average Bonchev–Trinajstić information content (AvgIpc) is 2.82. The van der Waals surface area contributed by atoms with Crippen LogP contribution in [0, 0.1) is 0 Å². The van der Waals surface area contributed by atoms with E-state index in [9.17, 15) is 8.42 Å². The monoisotopic (exact) mass is 310 g/mol. The topological polar surface area (TPSA) is 59.1 Å². The highest BCUT2D eigenvalue weighted by atomic mass is 32.2. The molecule has 1 N–H and O–H groups in total. The predicted molar refractivity (Wildman–Crippen MR) is 82.6 cm³/mol. The molecular weight excluding hydrogens is 292 g/mol. The third-order valence-corrected chi connectivity index (χ3v) is 4.83. The van der Waals surface area contributed by atoms with E-state index in [4.69, 9.17) is 0 Å². The number of rotatable bonds is 6. The smallest absolute Gasteiger partial charge is 0.153 e. The van der Waals surface area contributed by atoms with Gasteiger partial charge in [-0.3, -0.25) is 0 Å². The molecular formula is C14H18N2O2S2. The van der Waals surface area contributed by atoms with Crippen LogP contribution in [0.15, 0.2) is 35.7 Å². The van der Waals surface area contributed by atoms with E-state index in [0.29, 0.717) is 5.01 Å². The molecule has 2 rings (SSSR count). The molecule has 0 saturated heterocycles. The normalized spacial score (nSPS) is 13.3. The fourth-order valence-corrected chi connectivity index (χ4v) is 4.03. The summed E-state index contributed by atoms with van der Waals surface area (Å²) in [6.07, 6.45) is 1.98. The van der Waals surface area contributed by atoms with Crippen LogP contribution in [0.5, 0.6) is 0 Å². The van der Waals surface area contributed by atoms with Crippen LogP contribution < -0.4 is 5.32 Å². The van der Waals surface area contributed by atoms with Crippen molar-refractivity contribution in [1.29, 1.82) is 0 Å². The number of likely N-dealkylation sites (N-methyl/N-ethyl adjacent to an activating group) is 1. The maximum absolute atomic E-state index is 11.3. The van der Waals surface area contributed by atoms with E-state index in [1.54, 1.807) is 0 Å². The molecule has 108 valence electrons. The molecule has 0 aliphatic heterocycles. The van der Waals surface area contributed by atoms with Gasteiger partial charge in [0.15, 0.2) is 9.84 Å². The zero-order valence-corrected chi connectivity index (χ0v) is 13.2. The molecule has 0 aliphatic rings. The number of nitrogens with zero attached hydrogens (tertiary/aromatic N) is 1. The van der Waals surface area contributed by atoms with Crippen LogP contribution in [0.2, 0.25) is 0 Å². The minimum Gasteiger partial charge on any atom is -0.313 e. The summed E-state index contributed by atoms with van der Waals surface area (Å²) in [7, 11) is -1.10. The van der Waals surface area contributed by atoms with E-state index in [1.165, 1.54) is 23.2 Å². The highest BCUT2D eigenvalue weighted by molar-refractivity contribution is 7.90. The maximum atomic E-state index is 11.3. The molecule has 0 amide bonds. The van der Waals surface area contributed by atoms with E-state index >= 15 is 0 Å². The molecule has 1 aromatic heterocycles. The molecule has 0 aliphatic carbocycles. The Morgan fingerprint density at radius 3 is 2.60 bits per heavy atom. The summed E-state index contributed by atoms with van der Waals surface area (Å²) in [4.78, 5) is 4.41. The molecule has 2 aromatic rings. The first-order valence-corrected chi connectivity index (χ1v) is 9.25. The lowest BCUT2D eigenvalue weighted by molar-refractivity contribution is 0.585. The van der Waals surface area contributed by atoms with Gasteiger partial charge in [-0.1, -0.05) is 30.3 Å². The van der Waals surface area contributed by atoms with Gasteiger partial charge in [0.25, 0.3) is 0 Å². The van der Waals surface area contributed by atoms with Crippen LogP contribution in [0.3, 0.4) is 0 Å². The number of benzene rings is 1. The third-order valence-electron chi connectivity index (χ3n) is 2.95. The average molecular weight is 310 g/mol. The van der Waals surface area contributed by atoms with Crippen LogP contribution in [0.1, 0.15) is 22.3 Å². The number of sulfone groups is 1. The number of hydrogen-bond donors (Lipinski definition) is 1. The van der Waals surface area contributed by atoms with E-state index < -0.39 is 9.84 Å². The first-order chi connectivity index (χ1) is 9.48. The Morgan fingerprint density at radius 1 is 1.30 bits per heavy atom. The van der Waals surface area contributed by atoms with Crippen LogP contribution in [0.25, 0.3) is 0 Å². The van der Waals surface area contributed by atoms with E-state index in [1.807, 2.05) is 30.6 Å². The van der Waals surface area contributed by atoms with Crippen molar-refractivity contribution < 1.29 is 8.42 Å². The zero-order chi connectivity index (χ0) is 14.6. The van der Waals surface area contributed by atoms with Crippen molar-refractivity contribution in [2.24, 2.45) is 0 Å². The van der Waals surface area contributed by atoms with Gasteiger partial charge in [0, 0.05) is 24.1 Å². The van der Waals surface area contributed by atoms with Gasteiger partial charge in [0.2, 0.25) is 0 Å². The number of hydrogen-bond acceptors (Lipinski definition) is 5. The van der Waals surface area contributed by atoms with Crippen LogP contribution in [-0.2, 0) is 22.0 Å². The second kappa shape index (κ2) is 6.47. The lowest BCUT2D eigenvalue weighted by Crippen LogP contribution is -2.18. The van der Waals surface area contributed by atoms with Crippen molar-refractivity contribution in [1.82, 2.24) is 10.3 Å². The summed E-state index contributed by atoms with van der Waals surface area (Å²) < 4.78 is 22.5. The Hall–Kier alpha value is -1.24. The second-order valence-corrected chi connectivity index (χ2v) is 7.84. The van der Waals surface area contributed by atoms with E-state index in [0.717, 1.165) is 12.1 Å². The van der Waals surface area contributed by atoms with Gasteiger partial charge in [-0.25, -0.2) is 13.4 Å². The lowest BCUT2D eigenvalue weighted by atomic mass is 10.0. The number of thiazole rings is 1. The molecule has 1 heterocycles. The van der Waals surface area contributed by atoms with Gasteiger partial charge < -0.3 is 5.32 Å². The molecule has 0 bridgehead atoms. The highest BCUT2D eigenvalue weighted by Gasteiger charge is 2.14. The largest absolute Gasteiger partial charge is 0.313 e. The Morgan fingerprint density at radius 2 is 2.00 bits per heavy atom. The van der Waals surface area contributed by atoms with Gasteiger partial charge in [-0.2, -0.15) is 0 Å². The Bertz CT molecular complexity index is 651. The fraction of sp³-hybridized carbons (Fsp3) is 0.357. The van der Waals surface area contributed by atoms with Crippen molar-refractivity contribution in [2.45, 2.75) is 18.2 Å². The minimum atomic E-state index is -3.02. The summed E-state index contributed by atoms with van der Waals surface area (Å²) >= 11 is 1.41. The quantitative estimate of drug-likeness (QED) is 0.888. The molecule has 1 aromatic carbocycles. The van der Waals surface area contributed by atoms with Crippen molar-refractivity contribution >= 4 is 21.2 Å². The lowest BCUT2D eigenvalue weighted by Gasteiger charge is -2.15. The van der Waals surface area contributed by atoms with E-state index in [2.05, 4.69) is 22.4 Å². The van der Waals surface area contributed by atoms with Crippen molar-refractivity contribution in [3.63, 3.8) is 0 Å². The van der Waals surface area contributed by atoms with Crippen LogP contribution in [-0.4, -0.2) is 26.7 Å². The standard InChI is InChI=1S/C14H18N2O2S2/c1-15-13(11-6-4-3-5-7-11)8-12-9-19-14(16-12)10-20(2,17)18/h3-7,9,13,15H,8,10H2,1-2H3. The second-order valence-electron chi connectivity index (χ2n) is 4.76. The number of aromatic nitrogens is 1. The first-order valence-electron chi connectivity index (χ1n) is 6.31. The summed E-state index contributed by atoms with van der Waals surface area (Å²) in [5.41, 5.74) is 2.13. The molecule has 0 radical (unpaired) electrons. The molecule has 0 fully saturated rings. The molecule has 4 nitrogen and oxygen atoms in total. The van der Waals surface area contributed by atoms with Gasteiger partial charge in [-0.15, -0.1) is 11.3 Å². The molecule has 1 atom stereocenters. The Labute approximate surface area is 123 Å². The maximum Gasteiger partial charge on any atom is 0.153 e. The third kappa shape index (κ3) is 4.40. The summed E-state index contributed by atoms with van der Waals surface area (Å²) in [6, 6.07) is 10.3. The molecule has 0 spiro atoms. The highest BCUT2D eigenvalue weighted by Crippen LogP contribution is 2.20. The van der Waals surface area contributed by atoms with Crippen LogP contribution in [0.4, 0.5) is 0 Å². The van der Waals surface area contributed by atoms with E-state index in [-0.39, 0.29) is 11.8 Å². The van der Waals surface area contributed by atoms with Crippen molar-refractivity contribution in [3.05, 3.63) is 52.0 Å². The first kappa shape index (κ1) is 15.2. The summed E-state index contributed by atoms with van der Waals surface area (Å²) in [5, 5.41) is 5.87. The van der Waals surface area contributed by atoms with Gasteiger partial charge in [0.1, 0.15) is 10.8 Å². The predicted octanol–water partition coefficient (Wildman–Crippen LogP) is 2.19. The Balaban J connectivity index is 2.09. The number of nitrogens with one attached hydrogen (secondary N) is 1. The van der Waals surface area contributed by atoms with Gasteiger partial charge in [-0.05, 0) is 12.6 Å². The summed E-state index contributed by atoms with van der Waals surface area (Å²) in [5.74, 6) is 0.0211. The molecule has 0 saturated carbocycles. The minimum absolute atomic E-state index is 0.0211. The van der Waals surface area contributed by atoms with Crippen molar-refractivity contribution in [2.75, 3.05) is 13.3 Å². The molecule has 1 unspecified atom stereocenters. The summed E-state index contributed by atoms with van der Waals surface area (Å²) in [6.45, 7) is 0. The fourth-order valence-electron chi connectivity index (χ4n) is 2.01. The van der Waals surface area contributed by atoms with Gasteiger partial charge >= 0.3 is 0 Å². The zero-order valence-electron chi connectivity index (χ0n) is 11.5. The van der Waals surface area contributed by atoms with Crippen LogP contribution >= 0.6 is 11.3 Å². The van der Waals surface area contributed by atoms with Gasteiger partial charge in [0.05, 0.1) is 5.69 Å². The molecule has 20 heavy (non-hydrogen) atoms.